The van der Waals surface area contributed by atoms with Gasteiger partial charge in [-0.1, -0.05) is 29.9 Å². The molecule has 0 aliphatic rings. The Balaban J connectivity index is 1.50. The number of carbonyl (C=O) groups excluding carboxylic acids is 1. The minimum Gasteiger partial charge on any atom is -0.495 e. The average Bonchev–Trinajstić information content (AvgIpc) is 3.31. The first-order valence-corrected chi connectivity index (χ1v) is 10.2. The second-order valence-electron chi connectivity index (χ2n) is 6.35. The molecule has 29 heavy (non-hydrogen) atoms. The van der Waals surface area contributed by atoms with Crippen LogP contribution in [0.1, 0.15) is 29.5 Å². The van der Waals surface area contributed by atoms with Gasteiger partial charge in [-0.3, -0.25) is 4.79 Å². The summed E-state index contributed by atoms with van der Waals surface area (Å²) in [6, 6.07) is 12.4. The molecule has 0 bridgehead atoms. The van der Waals surface area contributed by atoms with Crippen molar-refractivity contribution in [3.05, 3.63) is 58.9 Å². The van der Waals surface area contributed by atoms with Crippen molar-refractivity contribution in [3.8, 4) is 16.3 Å². The number of rotatable bonds is 6. The molecule has 0 spiro atoms. The molecule has 0 aliphatic heterocycles. The van der Waals surface area contributed by atoms with E-state index in [0.717, 1.165) is 34.2 Å². The normalized spacial score (nSPS) is 11.0. The van der Waals surface area contributed by atoms with Gasteiger partial charge in [0.05, 0.1) is 12.1 Å². The molecule has 9 heteroatoms. The second-order valence-corrected chi connectivity index (χ2v) is 7.71. The second kappa shape index (κ2) is 8.18. The first kappa shape index (κ1) is 19.4. The Kier molecular flexibility index (Phi) is 5.46. The Morgan fingerprint density at radius 2 is 2.00 bits per heavy atom. The van der Waals surface area contributed by atoms with Gasteiger partial charge < -0.3 is 10.1 Å². The number of ether oxygens (including phenoxy) is 1. The maximum absolute atomic E-state index is 12.5. The fourth-order valence-electron chi connectivity index (χ4n) is 2.86. The molecule has 2 aromatic heterocycles. The van der Waals surface area contributed by atoms with Crippen LogP contribution in [0, 0.1) is 0 Å². The van der Waals surface area contributed by atoms with Gasteiger partial charge >= 0.3 is 0 Å². The van der Waals surface area contributed by atoms with Crippen LogP contribution in [0.2, 0.25) is 5.02 Å². The Hall–Kier alpha value is -2.97. The number of fused-ring (bicyclic) bond motifs is 1. The summed E-state index contributed by atoms with van der Waals surface area (Å²) in [6.07, 6.45) is 1.83. The molecule has 4 aromatic rings. The summed E-state index contributed by atoms with van der Waals surface area (Å²) in [5, 5.41) is 17.1. The largest absolute Gasteiger partial charge is 0.495 e. The maximum Gasteiger partial charge on any atom is 0.255 e. The third-order valence-electron chi connectivity index (χ3n) is 4.33. The SMILES string of the molecule is CCCc1nnc2sc(-c3ccc(NC(=O)c4ccc(OC)c(Cl)c4)cc3)nn12. The van der Waals surface area contributed by atoms with Gasteiger partial charge in [-0.15, -0.1) is 10.2 Å². The number of hydrogen-bond acceptors (Lipinski definition) is 6. The van der Waals surface area contributed by atoms with Crippen LogP contribution >= 0.6 is 22.9 Å². The van der Waals surface area contributed by atoms with Crippen LogP contribution in [-0.2, 0) is 6.42 Å². The van der Waals surface area contributed by atoms with E-state index in [0.29, 0.717) is 22.0 Å². The van der Waals surface area contributed by atoms with Crippen molar-refractivity contribution < 1.29 is 9.53 Å². The van der Waals surface area contributed by atoms with E-state index >= 15 is 0 Å². The Bertz CT molecular complexity index is 1170. The quantitative estimate of drug-likeness (QED) is 0.481. The summed E-state index contributed by atoms with van der Waals surface area (Å²) in [5.74, 6) is 1.15. The molecule has 0 saturated carbocycles. The van der Waals surface area contributed by atoms with Gasteiger partial charge in [-0.25, -0.2) is 0 Å². The molecular formula is C20H18ClN5O2S. The van der Waals surface area contributed by atoms with E-state index in [9.17, 15) is 4.79 Å². The predicted molar refractivity (Wildman–Crippen MR) is 114 cm³/mol. The summed E-state index contributed by atoms with van der Waals surface area (Å²) in [6.45, 7) is 2.10. The number of nitrogens with one attached hydrogen (secondary N) is 1. The van der Waals surface area contributed by atoms with Crippen molar-refractivity contribution in [2.24, 2.45) is 0 Å². The number of methoxy groups -OCH3 is 1. The van der Waals surface area contributed by atoms with Crippen molar-refractivity contribution in [2.75, 3.05) is 12.4 Å². The zero-order valence-electron chi connectivity index (χ0n) is 15.8. The Morgan fingerprint density at radius 3 is 2.69 bits per heavy atom. The lowest BCUT2D eigenvalue weighted by molar-refractivity contribution is 0.102. The van der Waals surface area contributed by atoms with Gasteiger partial charge in [0.15, 0.2) is 5.82 Å². The van der Waals surface area contributed by atoms with Gasteiger partial charge in [0.25, 0.3) is 5.91 Å². The van der Waals surface area contributed by atoms with Crippen molar-refractivity contribution in [2.45, 2.75) is 19.8 Å². The third-order valence-corrected chi connectivity index (χ3v) is 5.58. The number of hydrogen-bond donors (Lipinski definition) is 1. The molecule has 0 saturated heterocycles. The number of aromatic nitrogens is 4. The smallest absolute Gasteiger partial charge is 0.255 e. The topological polar surface area (TPSA) is 81.4 Å². The van der Waals surface area contributed by atoms with Gasteiger partial charge in [0.1, 0.15) is 10.8 Å². The number of aryl methyl sites for hydroxylation is 1. The lowest BCUT2D eigenvalue weighted by atomic mass is 10.2. The van der Waals surface area contributed by atoms with E-state index in [1.165, 1.54) is 18.4 Å². The molecule has 7 nitrogen and oxygen atoms in total. The molecule has 2 aromatic carbocycles. The van der Waals surface area contributed by atoms with Crippen molar-refractivity contribution in [3.63, 3.8) is 0 Å². The molecule has 0 unspecified atom stereocenters. The summed E-state index contributed by atoms with van der Waals surface area (Å²) >= 11 is 7.58. The van der Waals surface area contributed by atoms with Crippen molar-refractivity contribution >= 4 is 39.5 Å². The first-order valence-electron chi connectivity index (χ1n) is 9.05. The number of amides is 1. The van der Waals surface area contributed by atoms with E-state index in [4.69, 9.17) is 16.3 Å². The zero-order valence-corrected chi connectivity index (χ0v) is 17.4. The number of anilines is 1. The lowest BCUT2D eigenvalue weighted by Gasteiger charge is -2.08. The van der Waals surface area contributed by atoms with Crippen LogP contribution in [-0.4, -0.2) is 32.8 Å². The summed E-state index contributed by atoms with van der Waals surface area (Å²) in [7, 11) is 1.53. The molecule has 148 valence electrons. The van der Waals surface area contributed by atoms with E-state index in [1.807, 2.05) is 24.3 Å². The summed E-state index contributed by atoms with van der Waals surface area (Å²) in [4.78, 5) is 13.2. The highest BCUT2D eigenvalue weighted by molar-refractivity contribution is 7.19. The van der Waals surface area contributed by atoms with E-state index in [1.54, 1.807) is 22.7 Å². The van der Waals surface area contributed by atoms with E-state index in [-0.39, 0.29) is 5.91 Å². The minimum absolute atomic E-state index is 0.245. The predicted octanol–water partition coefficient (Wildman–Crippen LogP) is 4.72. The van der Waals surface area contributed by atoms with Gasteiger partial charge in [0.2, 0.25) is 4.96 Å². The summed E-state index contributed by atoms with van der Waals surface area (Å²) in [5.41, 5.74) is 2.09. The number of halogens is 1. The third kappa shape index (κ3) is 3.94. The van der Waals surface area contributed by atoms with Crippen LogP contribution in [0.25, 0.3) is 15.5 Å². The monoisotopic (exact) mass is 427 g/mol. The molecule has 1 amide bonds. The standard InChI is InChI=1S/C20H18ClN5O2S/c1-3-4-17-23-24-20-26(17)25-19(29-20)12-5-8-14(9-6-12)22-18(27)13-7-10-16(28-2)15(21)11-13/h5-11H,3-4H2,1-2H3,(H,22,27). The lowest BCUT2D eigenvalue weighted by Crippen LogP contribution is -2.11. The average molecular weight is 428 g/mol. The highest BCUT2D eigenvalue weighted by Crippen LogP contribution is 2.28. The van der Waals surface area contributed by atoms with Crippen LogP contribution in [0.5, 0.6) is 5.75 Å². The molecule has 0 fully saturated rings. The van der Waals surface area contributed by atoms with Crippen molar-refractivity contribution in [1.29, 1.82) is 0 Å². The molecule has 0 atom stereocenters. The van der Waals surface area contributed by atoms with Crippen LogP contribution in [0.3, 0.4) is 0 Å². The Morgan fingerprint density at radius 1 is 1.21 bits per heavy atom. The van der Waals surface area contributed by atoms with E-state index < -0.39 is 0 Å². The van der Waals surface area contributed by atoms with Gasteiger partial charge in [-0.2, -0.15) is 9.61 Å². The van der Waals surface area contributed by atoms with Crippen molar-refractivity contribution in [1.82, 2.24) is 19.8 Å². The van der Waals surface area contributed by atoms with Crippen LogP contribution < -0.4 is 10.1 Å². The molecule has 0 aliphatic carbocycles. The highest BCUT2D eigenvalue weighted by atomic mass is 35.5. The maximum atomic E-state index is 12.5. The fourth-order valence-corrected chi connectivity index (χ4v) is 3.98. The number of benzene rings is 2. The molecule has 2 heterocycles. The van der Waals surface area contributed by atoms with Crippen LogP contribution in [0.15, 0.2) is 42.5 Å². The molecule has 0 radical (unpaired) electrons. The van der Waals surface area contributed by atoms with Gasteiger partial charge in [0, 0.05) is 23.2 Å². The highest BCUT2D eigenvalue weighted by Gasteiger charge is 2.13. The first-order chi connectivity index (χ1) is 14.1. The van der Waals surface area contributed by atoms with Crippen LogP contribution in [0.4, 0.5) is 5.69 Å². The number of carbonyl (C=O) groups is 1. The summed E-state index contributed by atoms with van der Waals surface area (Å²) < 4.78 is 6.91. The minimum atomic E-state index is -0.245. The molecular weight excluding hydrogens is 410 g/mol. The zero-order chi connectivity index (χ0) is 20.4. The van der Waals surface area contributed by atoms with Gasteiger partial charge in [-0.05, 0) is 48.9 Å². The number of nitrogens with zero attached hydrogens (tertiary/aromatic N) is 4. The molecule has 1 N–H and O–H groups in total. The molecule has 4 rings (SSSR count). The Labute approximate surface area is 176 Å². The fraction of sp³-hybridized carbons (Fsp3) is 0.200. The van der Waals surface area contributed by atoms with E-state index in [2.05, 4.69) is 27.5 Å².